The molecule has 0 radical (unpaired) electrons. The van der Waals surface area contributed by atoms with Crippen molar-refractivity contribution in [2.45, 2.75) is 6.42 Å². The number of nitrogens with one attached hydrogen (secondary N) is 1. The average Bonchev–Trinajstić information content (AvgIpc) is 2.45. The molecule has 1 aromatic rings. The molecule has 5 nitrogen and oxygen atoms in total. The van der Waals surface area contributed by atoms with Crippen LogP contribution in [0.5, 0.6) is 0 Å². The Kier molecular flexibility index (Phi) is 3.45. The van der Waals surface area contributed by atoms with Gasteiger partial charge in [-0.05, 0) is 6.07 Å². The zero-order valence-electron chi connectivity index (χ0n) is 7.53. The molecule has 5 heteroatoms. The van der Waals surface area contributed by atoms with Crippen molar-refractivity contribution in [2.75, 3.05) is 13.1 Å². The van der Waals surface area contributed by atoms with E-state index in [9.17, 15) is 4.79 Å². The fourth-order valence-electron chi connectivity index (χ4n) is 1.06. The molecule has 2 N–H and O–H groups in total. The number of aryl methyl sites for hydroxylation is 1. The Bertz CT molecular complexity index is 283. The summed E-state index contributed by atoms with van der Waals surface area (Å²) in [7, 11) is 1.87. The second-order valence-corrected chi connectivity index (χ2v) is 2.77. The van der Waals surface area contributed by atoms with Gasteiger partial charge in [-0.15, -0.1) is 0 Å². The first-order valence-electron chi connectivity index (χ1n) is 4.09. The number of carbonyl (C=O) groups is 1. The van der Waals surface area contributed by atoms with Crippen molar-refractivity contribution in [1.82, 2.24) is 15.1 Å². The van der Waals surface area contributed by atoms with E-state index in [-0.39, 0.29) is 6.54 Å². The molecule has 0 aliphatic rings. The number of nitrogens with zero attached hydrogens (tertiary/aromatic N) is 2. The minimum absolute atomic E-state index is 0.0118. The smallest absolute Gasteiger partial charge is 0.317 e. The van der Waals surface area contributed by atoms with E-state index in [0.29, 0.717) is 6.54 Å². The first kappa shape index (κ1) is 9.73. The summed E-state index contributed by atoms with van der Waals surface area (Å²) in [4.78, 5) is 10.1. The first-order valence-corrected chi connectivity index (χ1v) is 4.09. The van der Waals surface area contributed by atoms with Crippen LogP contribution in [-0.2, 0) is 18.3 Å². The highest BCUT2D eigenvalue weighted by atomic mass is 16.4. The number of carboxylic acid groups (broad SMARTS) is 1. The molecule has 1 heterocycles. The van der Waals surface area contributed by atoms with Crippen LogP contribution in [0.1, 0.15) is 5.69 Å². The molecule has 0 aromatic carbocycles. The number of aliphatic carboxylic acids is 1. The van der Waals surface area contributed by atoms with Crippen molar-refractivity contribution in [3.63, 3.8) is 0 Å². The predicted octanol–water partition coefficient (Wildman–Crippen LogP) is -0.363. The fourth-order valence-corrected chi connectivity index (χ4v) is 1.06. The van der Waals surface area contributed by atoms with Gasteiger partial charge in [0.15, 0.2) is 0 Å². The molecule has 1 rings (SSSR count). The maximum atomic E-state index is 10.1. The van der Waals surface area contributed by atoms with Crippen LogP contribution in [0.3, 0.4) is 0 Å². The lowest BCUT2D eigenvalue weighted by Crippen LogP contribution is -2.25. The molecule has 0 saturated heterocycles. The highest BCUT2D eigenvalue weighted by molar-refractivity contribution is 5.68. The number of carboxylic acids is 1. The lowest BCUT2D eigenvalue weighted by Gasteiger charge is -2.01. The summed E-state index contributed by atoms with van der Waals surface area (Å²) >= 11 is 0. The molecule has 0 aliphatic carbocycles. The van der Waals surface area contributed by atoms with Crippen LogP contribution in [0.2, 0.25) is 0 Å². The lowest BCUT2D eigenvalue weighted by molar-refractivity contribution is -0.135. The monoisotopic (exact) mass is 183 g/mol. The Morgan fingerprint density at radius 1 is 1.77 bits per heavy atom. The van der Waals surface area contributed by atoms with Crippen molar-refractivity contribution >= 4 is 5.97 Å². The van der Waals surface area contributed by atoms with E-state index < -0.39 is 5.97 Å². The Balaban J connectivity index is 2.20. The molecular weight excluding hydrogens is 170 g/mol. The molecule has 0 atom stereocenters. The molecular formula is C8H13N3O2. The third-order valence-electron chi connectivity index (χ3n) is 1.76. The van der Waals surface area contributed by atoms with Gasteiger partial charge in [0.25, 0.3) is 0 Å². The second-order valence-electron chi connectivity index (χ2n) is 2.77. The van der Waals surface area contributed by atoms with Crippen LogP contribution in [0.4, 0.5) is 0 Å². The molecule has 0 saturated carbocycles. The third kappa shape index (κ3) is 3.25. The summed E-state index contributed by atoms with van der Waals surface area (Å²) in [5.41, 5.74) is 1.10. The van der Waals surface area contributed by atoms with Gasteiger partial charge in [-0.25, -0.2) is 0 Å². The lowest BCUT2D eigenvalue weighted by atomic mass is 10.3. The topological polar surface area (TPSA) is 67.2 Å². The Morgan fingerprint density at radius 2 is 2.54 bits per heavy atom. The van der Waals surface area contributed by atoms with Crippen molar-refractivity contribution in [3.05, 3.63) is 18.0 Å². The van der Waals surface area contributed by atoms with Crippen LogP contribution in [-0.4, -0.2) is 33.9 Å². The van der Waals surface area contributed by atoms with E-state index in [2.05, 4.69) is 10.4 Å². The minimum Gasteiger partial charge on any atom is -0.480 e. The van der Waals surface area contributed by atoms with Crippen molar-refractivity contribution in [3.8, 4) is 0 Å². The fraction of sp³-hybridized carbons (Fsp3) is 0.500. The zero-order valence-corrected chi connectivity index (χ0v) is 7.53. The molecule has 0 amide bonds. The van der Waals surface area contributed by atoms with Crippen LogP contribution in [0.25, 0.3) is 0 Å². The largest absolute Gasteiger partial charge is 0.480 e. The highest BCUT2D eigenvalue weighted by Gasteiger charge is 1.98. The van der Waals surface area contributed by atoms with Crippen LogP contribution < -0.4 is 5.32 Å². The molecule has 0 fully saturated rings. The van der Waals surface area contributed by atoms with Gasteiger partial charge in [-0.1, -0.05) is 0 Å². The summed E-state index contributed by atoms with van der Waals surface area (Å²) in [5.74, 6) is -0.829. The summed E-state index contributed by atoms with van der Waals surface area (Å²) in [6.45, 7) is 0.670. The third-order valence-corrected chi connectivity index (χ3v) is 1.76. The van der Waals surface area contributed by atoms with E-state index >= 15 is 0 Å². The van der Waals surface area contributed by atoms with E-state index in [0.717, 1.165) is 12.1 Å². The van der Waals surface area contributed by atoms with E-state index in [1.807, 2.05) is 13.1 Å². The van der Waals surface area contributed by atoms with Gasteiger partial charge in [0, 0.05) is 31.9 Å². The maximum Gasteiger partial charge on any atom is 0.317 e. The van der Waals surface area contributed by atoms with Crippen LogP contribution in [0, 0.1) is 0 Å². The summed E-state index contributed by atoms with van der Waals surface area (Å²) in [6.07, 6.45) is 2.52. The van der Waals surface area contributed by atoms with Gasteiger partial charge in [-0.3, -0.25) is 9.48 Å². The van der Waals surface area contributed by atoms with Gasteiger partial charge in [-0.2, -0.15) is 5.10 Å². The van der Waals surface area contributed by atoms with Crippen molar-refractivity contribution < 1.29 is 9.90 Å². The Morgan fingerprint density at radius 3 is 3.08 bits per heavy atom. The van der Waals surface area contributed by atoms with Gasteiger partial charge in [0.05, 0.1) is 6.54 Å². The van der Waals surface area contributed by atoms with Crippen molar-refractivity contribution in [1.29, 1.82) is 0 Å². The number of aromatic nitrogens is 2. The highest BCUT2D eigenvalue weighted by Crippen LogP contribution is 1.95. The Labute approximate surface area is 76.4 Å². The molecule has 13 heavy (non-hydrogen) atoms. The maximum absolute atomic E-state index is 10.1. The van der Waals surface area contributed by atoms with E-state index in [1.165, 1.54) is 0 Å². The predicted molar refractivity (Wildman–Crippen MR) is 47.4 cm³/mol. The average molecular weight is 183 g/mol. The quantitative estimate of drug-likeness (QED) is 0.611. The van der Waals surface area contributed by atoms with E-state index in [1.54, 1.807) is 10.9 Å². The normalized spacial score (nSPS) is 10.2. The summed E-state index contributed by atoms with van der Waals surface area (Å²) < 4.78 is 1.78. The molecule has 72 valence electrons. The zero-order chi connectivity index (χ0) is 9.68. The molecule has 1 aromatic heterocycles. The van der Waals surface area contributed by atoms with E-state index in [4.69, 9.17) is 5.11 Å². The van der Waals surface area contributed by atoms with Gasteiger partial charge >= 0.3 is 5.97 Å². The first-order chi connectivity index (χ1) is 6.20. The van der Waals surface area contributed by atoms with Gasteiger partial charge in [0.1, 0.15) is 0 Å². The molecule has 0 spiro atoms. The number of hydrogen-bond donors (Lipinski definition) is 2. The molecule has 0 bridgehead atoms. The number of rotatable bonds is 5. The number of hydrogen-bond acceptors (Lipinski definition) is 3. The second kappa shape index (κ2) is 4.61. The standard InChI is InChI=1S/C8H13N3O2/c1-11-7(3-5-10-11)2-4-9-6-8(12)13/h3,5,9H,2,4,6H2,1H3,(H,12,13). The molecule has 0 unspecified atom stereocenters. The van der Waals surface area contributed by atoms with Crippen LogP contribution in [0.15, 0.2) is 12.3 Å². The van der Waals surface area contributed by atoms with Gasteiger partial charge < -0.3 is 10.4 Å². The molecule has 0 aliphatic heterocycles. The summed E-state index contributed by atoms with van der Waals surface area (Å²) in [5, 5.41) is 15.2. The summed E-state index contributed by atoms with van der Waals surface area (Å²) in [6, 6.07) is 1.92. The Hall–Kier alpha value is -1.36. The van der Waals surface area contributed by atoms with Gasteiger partial charge in [0.2, 0.25) is 0 Å². The minimum atomic E-state index is -0.829. The van der Waals surface area contributed by atoms with Crippen molar-refractivity contribution in [2.24, 2.45) is 7.05 Å². The van der Waals surface area contributed by atoms with Crippen LogP contribution >= 0.6 is 0 Å². The SMILES string of the molecule is Cn1nccc1CCNCC(=O)O.